The highest BCUT2D eigenvalue weighted by Gasteiger charge is 2.06. The van der Waals surface area contributed by atoms with Crippen LogP contribution < -0.4 is 0 Å². The number of rotatable bonds is 5. The van der Waals surface area contributed by atoms with E-state index in [-0.39, 0.29) is 0 Å². The first-order chi connectivity index (χ1) is 7.49. The molecule has 90 valence electrons. The van der Waals surface area contributed by atoms with E-state index in [1.54, 1.807) is 6.07 Å². The van der Waals surface area contributed by atoms with Gasteiger partial charge < -0.3 is 10.0 Å². The van der Waals surface area contributed by atoms with Crippen molar-refractivity contribution in [2.24, 2.45) is 5.92 Å². The maximum Gasteiger partial charge on any atom is 0.115 e. The molecule has 1 N–H and O–H groups in total. The van der Waals surface area contributed by atoms with Crippen LogP contribution >= 0.6 is 15.9 Å². The van der Waals surface area contributed by atoms with E-state index in [1.807, 2.05) is 12.1 Å². The van der Waals surface area contributed by atoms with Gasteiger partial charge in [0.25, 0.3) is 0 Å². The Morgan fingerprint density at radius 1 is 1.38 bits per heavy atom. The van der Waals surface area contributed by atoms with Crippen molar-refractivity contribution in [3.8, 4) is 5.75 Å². The lowest BCUT2D eigenvalue weighted by Crippen LogP contribution is -2.20. The summed E-state index contributed by atoms with van der Waals surface area (Å²) in [6, 6.07) is 5.40. The average molecular weight is 286 g/mol. The summed E-state index contributed by atoms with van der Waals surface area (Å²) >= 11 is 3.50. The minimum absolute atomic E-state index is 0.329. The Balaban J connectivity index is 2.55. The second kappa shape index (κ2) is 6.26. The Morgan fingerprint density at radius 3 is 2.69 bits per heavy atom. The zero-order chi connectivity index (χ0) is 12.1. The lowest BCUT2D eigenvalue weighted by molar-refractivity contribution is 0.302. The van der Waals surface area contributed by atoms with Gasteiger partial charge in [-0.1, -0.05) is 29.8 Å². The molecular weight excluding hydrogens is 266 g/mol. The number of halogens is 1. The number of nitrogens with zero attached hydrogens (tertiary/aromatic N) is 1. The van der Waals surface area contributed by atoms with Crippen LogP contribution in [0.2, 0.25) is 0 Å². The Hall–Kier alpha value is -0.540. The molecule has 1 rings (SSSR count). The Labute approximate surface area is 106 Å². The normalized spacial score (nSPS) is 11.4. The van der Waals surface area contributed by atoms with E-state index in [4.69, 9.17) is 0 Å². The molecule has 1 aromatic rings. The second-order valence-corrected chi connectivity index (χ2v) is 5.55. The molecular formula is C13H20BrNO. The molecule has 0 radical (unpaired) electrons. The summed E-state index contributed by atoms with van der Waals surface area (Å²) in [6.07, 6.45) is 1.20. The summed E-state index contributed by atoms with van der Waals surface area (Å²) in [5.74, 6) is 1.06. The molecule has 1 aromatic carbocycles. The van der Waals surface area contributed by atoms with Crippen molar-refractivity contribution in [1.82, 2.24) is 4.90 Å². The molecule has 0 aliphatic rings. The molecule has 0 bridgehead atoms. The third-order valence-corrected chi connectivity index (χ3v) is 3.33. The first-order valence-electron chi connectivity index (χ1n) is 5.65. The van der Waals surface area contributed by atoms with E-state index in [0.29, 0.717) is 5.75 Å². The highest BCUT2D eigenvalue weighted by Crippen LogP contribution is 2.22. The molecule has 0 amide bonds. The maximum atomic E-state index is 9.43. The van der Waals surface area contributed by atoms with Crippen LogP contribution in [0.5, 0.6) is 5.75 Å². The Morgan fingerprint density at radius 2 is 2.06 bits per heavy atom. The Kier molecular flexibility index (Phi) is 5.29. The van der Waals surface area contributed by atoms with Crippen molar-refractivity contribution in [1.29, 1.82) is 0 Å². The molecule has 0 atom stereocenters. The summed E-state index contributed by atoms with van der Waals surface area (Å²) in [6.45, 7) is 6.41. The van der Waals surface area contributed by atoms with Crippen LogP contribution in [0.1, 0.15) is 25.8 Å². The summed E-state index contributed by atoms with van der Waals surface area (Å²) in [7, 11) is 2.11. The van der Waals surface area contributed by atoms with Gasteiger partial charge in [-0.25, -0.2) is 0 Å². The number of phenols is 1. The predicted molar refractivity (Wildman–Crippen MR) is 71.6 cm³/mol. The summed E-state index contributed by atoms with van der Waals surface area (Å²) < 4.78 is 1.06. The van der Waals surface area contributed by atoms with Crippen LogP contribution in [0.3, 0.4) is 0 Å². The summed E-state index contributed by atoms with van der Waals surface area (Å²) in [4.78, 5) is 2.28. The highest BCUT2D eigenvalue weighted by atomic mass is 79.9. The number of phenolic OH excluding ortho intramolecular Hbond substituents is 1. The lowest BCUT2D eigenvalue weighted by Gasteiger charge is -2.18. The van der Waals surface area contributed by atoms with Gasteiger partial charge in [0.15, 0.2) is 0 Å². The lowest BCUT2D eigenvalue weighted by atomic mass is 10.1. The minimum atomic E-state index is 0.329. The van der Waals surface area contributed by atoms with Crippen molar-refractivity contribution in [3.05, 3.63) is 28.2 Å². The molecule has 16 heavy (non-hydrogen) atoms. The molecule has 0 aromatic heterocycles. The average Bonchev–Trinajstić information content (AvgIpc) is 2.20. The second-order valence-electron chi connectivity index (χ2n) is 4.70. The van der Waals surface area contributed by atoms with Gasteiger partial charge in [-0.15, -0.1) is 0 Å². The van der Waals surface area contributed by atoms with Crippen molar-refractivity contribution in [2.45, 2.75) is 26.8 Å². The van der Waals surface area contributed by atoms with Gasteiger partial charge in [-0.2, -0.15) is 0 Å². The van der Waals surface area contributed by atoms with Gasteiger partial charge in [-0.05, 0) is 49.7 Å². The molecule has 0 aliphatic heterocycles. The van der Waals surface area contributed by atoms with E-state index in [0.717, 1.165) is 29.0 Å². The minimum Gasteiger partial charge on any atom is -0.508 e. The molecule has 0 heterocycles. The van der Waals surface area contributed by atoms with E-state index in [9.17, 15) is 5.11 Å². The monoisotopic (exact) mass is 285 g/mol. The zero-order valence-electron chi connectivity index (χ0n) is 10.2. The van der Waals surface area contributed by atoms with Crippen LogP contribution in [0.4, 0.5) is 0 Å². The topological polar surface area (TPSA) is 23.5 Å². The van der Waals surface area contributed by atoms with Crippen LogP contribution in [-0.4, -0.2) is 23.6 Å². The summed E-state index contributed by atoms with van der Waals surface area (Å²) in [5, 5.41) is 9.43. The molecule has 0 unspecified atom stereocenters. The number of hydrogen-bond donors (Lipinski definition) is 1. The number of aromatic hydroxyl groups is 1. The van der Waals surface area contributed by atoms with Gasteiger partial charge in [-0.3, -0.25) is 0 Å². The van der Waals surface area contributed by atoms with Gasteiger partial charge in [0.2, 0.25) is 0 Å². The molecule has 3 heteroatoms. The first-order valence-corrected chi connectivity index (χ1v) is 6.44. The quantitative estimate of drug-likeness (QED) is 0.893. The smallest absolute Gasteiger partial charge is 0.115 e. The third-order valence-electron chi connectivity index (χ3n) is 2.56. The molecule has 0 spiro atoms. The number of benzene rings is 1. The Bertz CT molecular complexity index is 339. The predicted octanol–water partition coefficient (Wildman–Crippen LogP) is 3.63. The van der Waals surface area contributed by atoms with Crippen molar-refractivity contribution in [3.63, 3.8) is 0 Å². The van der Waals surface area contributed by atoms with Gasteiger partial charge in [0, 0.05) is 11.0 Å². The SMILES string of the molecule is CC(C)CCN(C)Cc1cc(O)ccc1Br. The fourth-order valence-electron chi connectivity index (χ4n) is 1.53. The van der Waals surface area contributed by atoms with E-state index >= 15 is 0 Å². The largest absolute Gasteiger partial charge is 0.508 e. The van der Waals surface area contributed by atoms with Crippen LogP contribution in [0.25, 0.3) is 0 Å². The molecule has 0 fully saturated rings. The van der Waals surface area contributed by atoms with Crippen molar-refractivity contribution < 1.29 is 5.11 Å². The molecule has 0 saturated heterocycles. The van der Waals surface area contributed by atoms with Gasteiger partial charge in [0.05, 0.1) is 0 Å². The van der Waals surface area contributed by atoms with Crippen LogP contribution in [0, 0.1) is 5.92 Å². The molecule has 0 saturated carbocycles. The highest BCUT2D eigenvalue weighted by molar-refractivity contribution is 9.10. The fourth-order valence-corrected chi connectivity index (χ4v) is 1.90. The van der Waals surface area contributed by atoms with Crippen molar-refractivity contribution >= 4 is 15.9 Å². The maximum absolute atomic E-state index is 9.43. The third kappa shape index (κ3) is 4.54. The van der Waals surface area contributed by atoms with E-state index in [1.165, 1.54) is 6.42 Å². The summed E-state index contributed by atoms with van der Waals surface area (Å²) in [5.41, 5.74) is 1.13. The number of hydrogen-bond acceptors (Lipinski definition) is 2. The van der Waals surface area contributed by atoms with Gasteiger partial charge >= 0.3 is 0 Å². The zero-order valence-corrected chi connectivity index (χ0v) is 11.8. The fraction of sp³-hybridized carbons (Fsp3) is 0.538. The first kappa shape index (κ1) is 13.5. The van der Waals surface area contributed by atoms with Crippen LogP contribution in [-0.2, 0) is 6.54 Å². The molecule has 2 nitrogen and oxygen atoms in total. The van der Waals surface area contributed by atoms with Crippen LogP contribution in [0.15, 0.2) is 22.7 Å². The van der Waals surface area contributed by atoms with Crippen molar-refractivity contribution in [2.75, 3.05) is 13.6 Å². The molecule has 0 aliphatic carbocycles. The van der Waals surface area contributed by atoms with Gasteiger partial charge in [0.1, 0.15) is 5.75 Å². The van der Waals surface area contributed by atoms with E-state index in [2.05, 4.69) is 41.7 Å². The standard InChI is InChI=1S/C13H20BrNO/c1-10(2)6-7-15(3)9-11-8-12(16)4-5-13(11)14/h4-5,8,10,16H,6-7,9H2,1-3H3. The van der Waals surface area contributed by atoms with E-state index < -0.39 is 0 Å².